The molecule has 0 aromatic rings. The second kappa shape index (κ2) is 55.1. The first-order valence-corrected chi connectivity index (χ1v) is 34.9. The number of amides is 1. The minimum Gasteiger partial charge on any atom is -0.394 e. The Bertz CT molecular complexity index is 2390. The van der Waals surface area contributed by atoms with Crippen molar-refractivity contribution in [2.45, 2.75) is 272 Å². The van der Waals surface area contributed by atoms with Crippen LogP contribution < -0.4 is 5.32 Å². The lowest BCUT2D eigenvalue weighted by molar-refractivity contribution is -0.379. The lowest BCUT2D eigenvalue weighted by Crippen LogP contribution is -2.66. The van der Waals surface area contributed by atoms with Gasteiger partial charge in [-0.05, 0) is 122 Å². The van der Waals surface area contributed by atoms with E-state index < -0.39 is 124 Å². The fourth-order valence-electron chi connectivity index (χ4n) is 10.5. The summed E-state index contributed by atoms with van der Waals surface area (Å²) in [7, 11) is 0. The molecule has 3 heterocycles. The molecule has 19 nitrogen and oxygen atoms in total. The molecule has 17 atom stereocenters. The summed E-state index contributed by atoms with van der Waals surface area (Å²) in [5.74, 6) is -0.313. The van der Waals surface area contributed by atoms with Gasteiger partial charge >= 0.3 is 0 Å². The Hall–Kier alpha value is -4.85. The first kappa shape index (κ1) is 84.4. The molecule has 536 valence electrons. The van der Waals surface area contributed by atoms with Gasteiger partial charge in [0.05, 0.1) is 38.6 Å². The van der Waals surface area contributed by atoms with Gasteiger partial charge in [-0.1, -0.05) is 209 Å². The molecule has 3 aliphatic heterocycles. The van der Waals surface area contributed by atoms with Crippen LogP contribution in [0.15, 0.2) is 170 Å². The van der Waals surface area contributed by atoms with E-state index in [2.05, 4.69) is 164 Å². The van der Waals surface area contributed by atoms with Crippen LogP contribution in [-0.4, -0.2) is 193 Å². The zero-order valence-corrected chi connectivity index (χ0v) is 56.6. The van der Waals surface area contributed by atoms with Crippen LogP contribution >= 0.6 is 0 Å². The van der Waals surface area contributed by atoms with E-state index in [1.165, 1.54) is 0 Å². The molecule has 0 aliphatic carbocycles. The van der Waals surface area contributed by atoms with Crippen molar-refractivity contribution in [2.24, 2.45) is 0 Å². The molecule has 95 heavy (non-hydrogen) atoms. The molecule has 0 bridgehead atoms. The van der Waals surface area contributed by atoms with E-state index in [0.717, 1.165) is 135 Å². The van der Waals surface area contributed by atoms with Crippen LogP contribution in [0.5, 0.6) is 0 Å². The number of hydrogen-bond acceptors (Lipinski definition) is 18. The monoisotopic (exact) mass is 1330 g/mol. The predicted molar refractivity (Wildman–Crippen MR) is 373 cm³/mol. The SMILES string of the molecule is C/C=C/CC/C=C/CC/C=C/C(O)C(COC1OC(CO)C(OC2OC(CO)C(OC3OC(CO)C(O)C(O)C3O)C(O)C2O)C(O)C1O)NC(=O)CCCCCCCCC/C=C\C/C=C\C/C=C\C/C=C\C/C=C\C/C=C\C/C=C\C/C=C\C/C=C\C/C=C\C/C=C\CC. The maximum atomic E-state index is 13.3. The Balaban J connectivity index is 1.31. The number of aliphatic hydroxyl groups is 11. The molecule has 3 aliphatic rings. The molecule has 3 fully saturated rings. The van der Waals surface area contributed by atoms with Crippen LogP contribution in [0.1, 0.15) is 168 Å². The highest BCUT2D eigenvalue weighted by molar-refractivity contribution is 5.76. The standard InChI is InChI=1S/C76H119NO18/c1-3-5-7-9-11-13-14-15-16-17-18-19-20-21-22-23-24-25-26-27-28-29-30-31-32-33-34-35-36-37-38-39-40-41-42-43-44-46-48-50-52-54-64(82)77-59(60(81)53-51-49-47-45-12-10-8-6-4-2)58-90-74-70(88)67(85)72(62(56-79)92-74)95-76-71(89)68(86)73(63(57-80)93-76)94-75-69(87)66(84)65(83)61(55-78)91-75/h4-7,11-13,15-16,18-19,21-22,24-25,27-28,30-31,33-34,36-37,39-40,45,51,53,59-63,65-76,78-81,83-89H,3,8-10,14,17,20,23,26,29,32,35,38,41-44,46-50,52,54-58H2,1-2H3,(H,77,82)/b6-4+,7-5-,13-11-,16-15-,19-18-,22-21-,25-24-,28-27-,31-30-,34-33-,37-36-,40-39-,45-12+,53-51+. The van der Waals surface area contributed by atoms with Gasteiger partial charge in [-0.25, -0.2) is 0 Å². The van der Waals surface area contributed by atoms with E-state index >= 15 is 0 Å². The third-order valence-corrected chi connectivity index (χ3v) is 16.1. The summed E-state index contributed by atoms with van der Waals surface area (Å²) in [5.41, 5.74) is 0. The maximum absolute atomic E-state index is 13.3. The summed E-state index contributed by atoms with van der Waals surface area (Å²) >= 11 is 0. The summed E-state index contributed by atoms with van der Waals surface area (Å²) in [4.78, 5) is 13.3. The van der Waals surface area contributed by atoms with E-state index in [0.29, 0.717) is 12.8 Å². The number of unbranched alkanes of at least 4 members (excludes halogenated alkanes) is 9. The average molecular weight is 1330 g/mol. The van der Waals surface area contributed by atoms with Gasteiger partial charge in [-0.3, -0.25) is 4.79 Å². The van der Waals surface area contributed by atoms with Crippen LogP contribution in [0.3, 0.4) is 0 Å². The number of carbonyl (C=O) groups excluding carboxylic acids is 1. The van der Waals surface area contributed by atoms with Crippen LogP contribution in [0, 0.1) is 0 Å². The number of rotatable bonds is 50. The van der Waals surface area contributed by atoms with Crippen molar-refractivity contribution in [1.29, 1.82) is 0 Å². The van der Waals surface area contributed by atoms with Gasteiger partial charge in [0.15, 0.2) is 18.9 Å². The average Bonchev–Trinajstić information content (AvgIpc) is 0.795. The summed E-state index contributed by atoms with van der Waals surface area (Å²) in [6.07, 6.45) is 55.4. The van der Waals surface area contributed by atoms with Gasteiger partial charge in [0, 0.05) is 6.42 Å². The molecule has 17 unspecified atom stereocenters. The second-order valence-electron chi connectivity index (χ2n) is 23.9. The lowest BCUT2D eigenvalue weighted by Gasteiger charge is -2.48. The highest BCUT2D eigenvalue weighted by Gasteiger charge is 2.53. The molecule has 1 amide bonds. The quantitative estimate of drug-likeness (QED) is 0.0199. The van der Waals surface area contributed by atoms with Gasteiger partial charge in [0.2, 0.25) is 5.91 Å². The van der Waals surface area contributed by atoms with E-state index in [1.807, 2.05) is 13.0 Å². The fourth-order valence-corrected chi connectivity index (χ4v) is 10.5. The molecule has 0 radical (unpaired) electrons. The number of carbonyl (C=O) groups is 1. The van der Waals surface area contributed by atoms with Crippen LogP contribution in [0.25, 0.3) is 0 Å². The zero-order valence-electron chi connectivity index (χ0n) is 56.6. The number of aliphatic hydroxyl groups excluding tert-OH is 11. The highest BCUT2D eigenvalue weighted by atomic mass is 16.8. The van der Waals surface area contributed by atoms with Crippen molar-refractivity contribution in [3.8, 4) is 0 Å². The molecule has 0 aromatic carbocycles. The van der Waals surface area contributed by atoms with Crippen LogP contribution in [-0.2, 0) is 33.2 Å². The molecule has 0 spiro atoms. The smallest absolute Gasteiger partial charge is 0.220 e. The van der Waals surface area contributed by atoms with Crippen molar-refractivity contribution in [1.82, 2.24) is 5.32 Å². The van der Waals surface area contributed by atoms with E-state index in [1.54, 1.807) is 12.2 Å². The minimum absolute atomic E-state index is 0.206. The van der Waals surface area contributed by atoms with Gasteiger partial charge in [0.1, 0.15) is 73.2 Å². The summed E-state index contributed by atoms with van der Waals surface area (Å²) in [6.45, 7) is 1.29. The van der Waals surface area contributed by atoms with Crippen molar-refractivity contribution < 1.29 is 89.4 Å². The molecule has 0 saturated carbocycles. The topological polar surface area (TPSA) is 307 Å². The normalized spacial score (nSPS) is 28.3. The van der Waals surface area contributed by atoms with Gasteiger partial charge in [-0.15, -0.1) is 0 Å². The van der Waals surface area contributed by atoms with E-state index in [9.17, 15) is 61.0 Å². The fraction of sp³-hybridized carbons (Fsp3) is 0.618. The second-order valence-corrected chi connectivity index (χ2v) is 23.9. The molecule has 3 rings (SSSR count). The van der Waals surface area contributed by atoms with Crippen molar-refractivity contribution in [3.63, 3.8) is 0 Å². The van der Waals surface area contributed by atoms with Crippen LogP contribution in [0.4, 0.5) is 0 Å². The zero-order chi connectivity index (χ0) is 68.9. The van der Waals surface area contributed by atoms with Crippen LogP contribution in [0.2, 0.25) is 0 Å². The Morgan fingerprint density at radius 1 is 0.400 bits per heavy atom. The third-order valence-electron chi connectivity index (χ3n) is 16.1. The maximum Gasteiger partial charge on any atom is 0.220 e. The Morgan fingerprint density at radius 3 is 1.18 bits per heavy atom. The number of ether oxygens (including phenoxy) is 6. The lowest BCUT2D eigenvalue weighted by atomic mass is 9.96. The Kier molecular flexibility index (Phi) is 48.9. The first-order valence-electron chi connectivity index (χ1n) is 34.9. The van der Waals surface area contributed by atoms with Gasteiger partial charge in [0.25, 0.3) is 0 Å². The highest BCUT2D eigenvalue weighted by Crippen LogP contribution is 2.33. The van der Waals surface area contributed by atoms with Crippen molar-refractivity contribution >= 4 is 5.91 Å². The Morgan fingerprint density at radius 2 is 0.747 bits per heavy atom. The summed E-state index contributed by atoms with van der Waals surface area (Å²) in [6, 6.07) is -1.01. The summed E-state index contributed by atoms with van der Waals surface area (Å²) < 4.78 is 34.2. The molecule has 0 aromatic heterocycles. The molecular weight excluding hydrogens is 1210 g/mol. The molecule has 12 N–H and O–H groups in total. The number of allylic oxidation sites excluding steroid dienone is 27. The molecular formula is C76H119NO18. The van der Waals surface area contributed by atoms with E-state index in [4.69, 9.17) is 28.4 Å². The Labute approximate surface area is 567 Å². The van der Waals surface area contributed by atoms with Crippen molar-refractivity contribution in [2.75, 3.05) is 26.4 Å². The third kappa shape index (κ3) is 36.5. The van der Waals surface area contributed by atoms with Gasteiger partial charge < -0.3 is 89.9 Å². The molecule has 3 saturated heterocycles. The van der Waals surface area contributed by atoms with Gasteiger partial charge in [-0.2, -0.15) is 0 Å². The number of hydrogen-bond donors (Lipinski definition) is 12. The van der Waals surface area contributed by atoms with Crippen molar-refractivity contribution in [3.05, 3.63) is 170 Å². The summed E-state index contributed by atoms with van der Waals surface area (Å²) in [5, 5.41) is 120. The minimum atomic E-state index is -1.99. The first-order chi connectivity index (χ1) is 46.3. The molecule has 19 heteroatoms. The van der Waals surface area contributed by atoms with E-state index in [-0.39, 0.29) is 18.9 Å². The largest absolute Gasteiger partial charge is 0.394 e. The number of nitrogens with one attached hydrogen (secondary N) is 1. The predicted octanol–water partition coefficient (Wildman–Crippen LogP) is 9.49.